The number of nitrogens with two attached hydrogens (primary N) is 1. The quantitative estimate of drug-likeness (QED) is 0.753. The number of carbonyl (C=O) groups excluding carboxylic acids is 1. The van der Waals surface area contributed by atoms with E-state index in [1.54, 1.807) is 0 Å². The van der Waals surface area contributed by atoms with Crippen LogP contribution in [0.15, 0.2) is 24.3 Å². The lowest BCUT2D eigenvalue weighted by Crippen LogP contribution is -2.30. The summed E-state index contributed by atoms with van der Waals surface area (Å²) in [6, 6.07) is 7.49. The van der Waals surface area contributed by atoms with Crippen LogP contribution < -0.4 is 11.1 Å². The Morgan fingerprint density at radius 3 is 2.32 bits per heavy atom. The van der Waals surface area contributed by atoms with E-state index in [0.717, 1.165) is 30.5 Å². The van der Waals surface area contributed by atoms with Crippen molar-refractivity contribution in [2.75, 3.05) is 6.54 Å². The van der Waals surface area contributed by atoms with Gasteiger partial charge in [-0.1, -0.05) is 63.2 Å². The number of thiocarbonyl (C=S) groups is 1. The van der Waals surface area contributed by atoms with Gasteiger partial charge in [0.2, 0.25) is 5.91 Å². The molecule has 4 heteroatoms. The zero-order valence-electron chi connectivity index (χ0n) is 11.6. The first-order valence-electron chi connectivity index (χ1n) is 6.72. The van der Waals surface area contributed by atoms with Crippen LogP contribution in [-0.4, -0.2) is 17.4 Å². The van der Waals surface area contributed by atoms with Crippen molar-refractivity contribution in [2.45, 2.75) is 33.1 Å². The van der Waals surface area contributed by atoms with Crippen molar-refractivity contribution in [1.82, 2.24) is 5.32 Å². The van der Waals surface area contributed by atoms with E-state index in [9.17, 15) is 4.79 Å². The van der Waals surface area contributed by atoms with Crippen LogP contribution in [0.3, 0.4) is 0 Å². The van der Waals surface area contributed by atoms with E-state index in [1.807, 2.05) is 24.3 Å². The second kappa shape index (κ2) is 7.89. The van der Waals surface area contributed by atoms with Gasteiger partial charge in [0, 0.05) is 12.1 Å². The molecule has 0 unspecified atom stereocenters. The normalized spacial score (nSPS) is 10.5. The van der Waals surface area contributed by atoms with Crippen LogP contribution in [0.2, 0.25) is 0 Å². The van der Waals surface area contributed by atoms with Crippen molar-refractivity contribution in [2.24, 2.45) is 11.7 Å². The number of carbonyl (C=O) groups is 1. The molecule has 19 heavy (non-hydrogen) atoms. The molecule has 3 N–H and O–H groups in total. The number of benzene rings is 1. The molecule has 0 aliphatic rings. The molecular formula is C15H22N2OS. The molecule has 0 heterocycles. The maximum absolute atomic E-state index is 11.8. The Morgan fingerprint density at radius 1 is 1.26 bits per heavy atom. The number of nitrogens with one attached hydrogen (secondary N) is 1. The molecule has 0 aromatic heterocycles. The first kappa shape index (κ1) is 15.6. The summed E-state index contributed by atoms with van der Waals surface area (Å²) in [5, 5.41) is 2.98. The fourth-order valence-corrected chi connectivity index (χ4v) is 2.01. The monoisotopic (exact) mass is 278 g/mol. The molecule has 1 rings (SSSR count). The van der Waals surface area contributed by atoms with Gasteiger partial charge in [-0.25, -0.2) is 0 Å². The summed E-state index contributed by atoms with van der Waals surface area (Å²) in [5.74, 6) is 0.635. The summed E-state index contributed by atoms with van der Waals surface area (Å²) in [6.45, 7) is 5.06. The van der Waals surface area contributed by atoms with E-state index in [2.05, 4.69) is 19.2 Å². The Balaban J connectivity index is 2.46. The first-order valence-corrected chi connectivity index (χ1v) is 7.13. The fourth-order valence-electron chi connectivity index (χ4n) is 1.87. The molecule has 0 bridgehead atoms. The average Bonchev–Trinajstić information content (AvgIpc) is 2.40. The second-order valence-corrected chi connectivity index (χ2v) is 5.16. The largest absolute Gasteiger partial charge is 0.389 e. The van der Waals surface area contributed by atoms with E-state index in [-0.39, 0.29) is 5.91 Å². The van der Waals surface area contributed by atoms with Crippen LogP contribution in [0.25, 0.3) is 0 Å². The van der Waals surface area contributed by atoms with Crippen LogP contribution in [-0.2, 0) is 11.2 Å². The summed E-state index contributed by atoms with van der Waals surface area (Å²) >= 11 is 4.89. The molecule has 1 amide bonds. The van der Waals surface area contributed by atoms with Gasteiger partial charge in [-0.15, -0.1) is 0 Å². The van der Waals surface area contributed by atoms with E-state index in [4.69, 9.17) is 18.0 Å². The van der Waals surface area contributed by atoms with Gasteiger partial charge in [-0.3, -0.25) is 4.79 Å². The zero-order chi connectivity index (χ0) is 14.3. The standard InChI is InChI=1S/C15H22N2OS/c1-3-11(4-2)10-17-14(18)9-12-5-7-13(8-6-12)15(16)19/h5-8,11H,3-4,9-10H2,1-2H3,(H2,16,19)(H,17,18). The van der Waals surface area contributed by atoms with Crippen LogP contribution >= 0.6 is 12.2 Å². The molecule has 0 fully saturated rings. The molecule has 104 valence electrons. The third-order valence-corrected chi connectivity index (χ3v) is 3.58. The van der Waals surface area contributed by atoms with Crippen LogP contribution in [0.4, 0.5) is 0 Å². The fraction of sp³-hybridized carbons (Fsp3) is 0.467. The predicted molar refractivity (Wildman–Crippen MR) is 83.1 cm³/mol. The SMILES string of the molecule is CCC(CC)CNC(=O)Cc1ccc(C(N)=S)cc1. The molecular weight excluding hydrogens is 256 g/mol. The van der Waals surface area contributed by atoms with Gasteiger partial charge in [0.05, 0.1) is 6.42 Å². The van der Waals surface area contributed by atoms with E-state index in [1.165, 1.54) is 0 Å². The maximum Gasteiger partial charge on any atom is 0.224 e. The number of hydrogen-bond donors (Lipinski definition) is 2. The zero-order valence-corrected chi connectivity index (χ0v) is 12.4. The van der Waals surface area contributed by atoms with Gasteiger partial charge in [0.25, 0.3) is 0 Å². The minimum absolute atomic E-state index is 0.0648. The summed E-state index contributed by atoms with van der Waals surface area (Å²) in [6.07, 6.45) is 2.59. The third kappa shape index (κ3) is 5.39. The van der Waals surface area contributed by atoms with Crippen molar-refractivity contribution in [3.05, 3.63) is 35.4 Å². The lowest BCUT2D eigenvalue weighted by Gasteiger charge is -2.13. The lowest BCUT2D eigenvalue weighted by atomic mass is 10.0. The van der Waals surface area contributed by atoms with Crippen molar-refractivity contribution in [3.8, 4) is 0 Å². The minimum atomic E-state index is 0.0648. The highest BCUT2D eigenvalue weighted by molar-refractivity contribution is 7.80. The summed E-state index contributed by atoms with van der Waals surface area (Å²) in [7, 11) is 0. The van der Waals surface area contributed by atoms with Crippen molar-refractivity contribution < 1.29 is 4.79 Å². The second-order valence-electron chi connectivity index (χ2n) is 4.72. The number of rotatable bonds is 7. The van der Waals surface area contributed by atoms with E-state index < -0.39 is 0 Å². The van der Waals surface area contributed by atoms with Crippen molar-refractivity contribution >= 4 is 23.1 Å². The van der Waals surface area contributed by atoms with Gasteiger partial charge in [0.15, 0.2) is 0 Å². The molecule has 1 aromatic rings. The van der Waals surface area contributed by atoms with Gasteiger partial charge in [-0.05, 0) is 11.5 Å². The van der Waals surface area contributed by atoms with Crippen molar-refractivity contribution in [3.63, 3.8) is 0 Å². The lowest BCUT2D eigenvalue weighted by molar-refractivity contribution is -0.120. The Hall–Kier alpha value is -1.42. The van der Waals surface area contributed by atoms with Crippen LogP contribution in [0, 0.1) is 5.92 Å². The van der Waals surface area contributed by atoms with E-state index in [0.29, 0.717) is 17.3 Å². The Kier molecular flexibility index (Phi) is 6.50. The third-order valence-electron chi connectivity index (χ3n) is 3.35. The summed E-state index contributed by atoms with van der Waals surface area (Å²) in [5.41, 5.74) is 7.33. The van der Waals surface area contributed by atoms with Gasteiger partial charge < -0.3 is 11.1 Å². The molecule has 0 radical (unpaired) electrons. The average molecular weight is 278 g/mol. The maximum atomic E-state index is 11.8. The van der Waals surface area contributed by atoms with Gasteiger partial charge in [-0.2, -0.15) is 0 Å². The minimum Gasteiger partial charge on any atom is -0.389 e. The Labute approximate surface area is 120 Å². The number of hydrogen-bond acceptors (Lipinski definition) is 2. The van der Waals surface area contributed by atoms with E-state index >= 15 is 0 Å². The molecule has 1 aromatic carbocycles. The highest BCUT2D eigenvalue weighted by Crippen LogP contribution is 2.07. The number of amides is 1. The smallest absolute Gasteiger partial charge is 0.224 e. The molecule has 0 saturated heterocycles. The first-order chi connectivity index (χ1) is 9.06. The topological polar surface area (TPSA) is 55.1 Å². The van der Waals surface area contributed by atoms with Crippen molar-refractivity contribution in [1.29, 1.82) is 0 Å². The predicted octanol–water partition coefficient (Wildman–Crippen LogP) is 2.42. The molecule has 0 saturated carbocycles. The highest BCUT2D eigenvalue weighted by Gasteiger charge is 2.07. The molecule has 0 aliphatic heterocycles. The van der Waals surface area contributed by atoms with Crippen LogP contribution in [0.5, 0.6) is 0 Å². The molecule has 0 spiro atoms. The molecule has 0 atom stereocenters. The van der Waals surface area contributed by atoms with Crippen LogP contribution in [0.1, 0.15) is 37.8 Å². The molecule has 3 nitrogen and oxygen atoms in total. The highest BCUT2D eigenvalue weighted by atomic mass is 32.1. The van der Waals surface area contributed by atoms with Gasteiger partial charge in [0.1, 0.15) is 4.99 Å². The van der Waals surface area contributed by atoms with Gasteiger partial charge >= 0.3 is 0 Å². The Bertz CT molecular complexity index is 424. The Morgan fingerprint density at radius 2 is 1.84 bits per heavy atom. The molecule has 0 aliphatic carbocycles. The summed E-state index contributed by atoms with van der Waals surface area (Å²) in [4.78, 5) is 12.2. The summed E-state index contributed by atoms with van der Waals surface area (Å²) < 4.78 is 0.